The molecular weight excluding hydrogens is 214 g/mol. The third kappa shape index (κ3) is 4.67. The number of ether oxygens (including phenoxy) is 1. The Morgan fingerprint density at radius 3 is 2.53 bits per heavy atom. The molecule has 1 rings (SSSR count). The van der Waals surface area contributed by atoms with Gasteiger partial charge in [-0.05, 0) is 31.9 Å². The zero-order valence-electron chi connectivity index (χ0n) is 10.6. The van der Waals surface area contributed by atoms with Gasteiger partial charge in [0.25, 0.3) is 0 Å². The van der Waals surface area contributed by atoms with Crippen molar-refractivity contribution in [2.75, 3.05) is 13.7 Å². The number of carbonyl (C=O) groups is 1. The summed E-state index contributed by atoms with van der Waals surface area (Å²) < 4.78 is 5.20. The van der Waals surface area contributed by atoms with Gasteiger partial charge in [0, 0.05) is 19.1 Å². The molecule has 17 heavy (non-hydrogen) atoms. The Morgan fingerprint density at radius 2 is 2.00 bits per heavy atom. The second kappa shape index (κ2) is 7.20. The number of rotatable bonds is 7. The third-order valence-electron chi connectivity index (χ3n) is 2.89. The molecule has 3 heteroatoms. The molecule has 0 aromatic heterocycles. The first-order valence-corrected chi connectivity index (χ1v) is 6.02. The third-order valence-corrected chi connectivity index (χ3v) is 2.89. The van der Waals surface area contributed by atoms with Crippen LogP contribution in [0.25, 0.3) is 0 Å². The average Bonchev–Trinajstić information content (AvgIpc) is 2.36. The van der Waals surface area contributed by atoms with Crippen LogP contribution >= 0.6 is 0 Å². The number of hydrogen-bond acceptors (Lipinski definition) is 3. The van der Waals surface area contributed by atoms with Crippen molar-refractivity contribution in [3.63, 3.8) is 0 Å². The summed E-state index contributed by atoms with van der Waals surface area (Å²) in [5, 5.41) is 0. The molecule has 3 nitrogen and oxygen atoms in total. The smallest absolute Gasteiger partial charge is 0.164 e. The molecule has 0 aliphatic heterocycles. The van der Waals surface area contributed by atoms with E-state index in [9.17, 15) is 4.79 Å². The van der Waals surface area contributed by atoms with Gasteiger partial charge in [0.05, 0.1) is 6.10 Å². The van der Waals surface area contributed by atoms with Crippen molar-refractivity contribution in [3.05, 3.63) is 35.4 Å². The molecule has 0 amide bonds. The van der Waals surface area contributed by atoms with Crippen LogP contribution in [0.4, 0.5) is 0 Å². The Morgan fingerprint density at radius 1 is 1.35 bits per heavy atom. The minimum absolute atomic E-state index is 0.115. The van der Waals surface area contributed by atoms with E-state index in [0.29, 0.717) is 13.0 Å². The fraction of sp³-hybridized carbons (Fsp3) is 0.500. The van der Waals surface area contributed by atoms with Gasteiger partial charge in [0.1, 0.15) is 0 Å². The molecule has 0 aliphatic rings. The molecule has 0 spiro atoms. The summed E-state index contributed by atoms with van der Waals surface area (Å²) in [6.45, 7) is 2.46. The van der Waals surface area contributed by atoms with E-state index in [2.05, 4.69) is 6.92 Å². The number of Topliss-reactive ketones (excluding diaryl/α,β-unsaturated/α-hetero) is 1. The van der Waals surface area contributed by atoms with Gasteiger partial charge in [0.15, 0.2) is 5.78 Å². The standard InChI is InChI=1S/C14H21NO2/c1-11(17-2)3-4-12-5-7-13(8-6-12)14(16)9-10-15/h5-8,11H,3-4,9-10,15H2,1-2H3. The molecule has 1 atom stereocenters. The molecule has 94 valence electrons. The highest BCUT2D eigenvalue weighted by Crippen LogP contribution is 2.10. The molecule has 0 saturated carbocycles. The first-order valence-electron chi connectivity index (χ1n) is 6.02. The normalized spacial score (nSPS) is 12.4. The first-order chi connectivity index (χ1) is 8.17. The SMILES string of the molecule is COC(C)CCc1ccc(C(=O)CCN)cc1. The van der Waals surface area contributed by atoms with Crippen molar-refractivity contribution < 1.29 is 9.53 Å². The molecule has 1 aromatic carbocycles. The van der Waals surface area contributed by atoms with Crippen LogP contribution in [0.2, 0.25) is 0 Å². The minimum atomic E-state index is 0.115. The van der Waals surface area contributed by atoms with Crippen LogP contribution < -0.4 is 5.73 Å². The lowest BCUT2D eigenvalue weighted by molar-refractivity contribution is 0.0985. The molecule has 0 radical (unpaired) electrons. The van der Waals surface area contributed by atoms with Crippen molar-refractivity contribution >= 4 is 5.78 Å². The maximum absolute atomic E-state index is 11.6. The molecular formula is C14H21NO2. The van der Waals surface area contributed by atoms with Crippen LogP contribution in [0.3, 0.4) is 0 Å². The van der Waals surface area contributed by atoms with Gasteiger partial charge >= 0.3 is 0 Å². The average molecular weight is 235 g/mol. The van der Waals surface area contributed by atoms with Gasteiger partial charge in [-0.1, -0.05) is 24.3 Å². The van der Waals surface area contributed by atoms with E-state index < -0.39 is 0 Å². The molecule has 0 aliphatic carbocycles. The largest absolute Gasteiger partial charge is 0.382 e. The van der Waals surface area contributed by atoms with Crippen molar-refractivity contribution in [1.29, 1.82) is 0 Å². The number of nitrogens with two attached hydrogens (primary N) is 1. The molecule has 0 bridgehead atoms. The molecule has 0 fully saturated rings. The summed E-state index contributed by atoms with van der Waals surface area (Å²) in [6.07, 6.45) is 2.65. The number of benzene rings is 1. The van der Waals surface area contributed by atoms with Crippen LogP contribution in [0, 0.1) is 0 Å². The fourth-order valence-corrected chi connectivity index (χ4v) is 1.62. The lowest BCUT2D eigenvalue weighted by atomic mass is 10.0. The summed E-state index contributed by atoms with van der Waals surface area (Å²) in [4.78, 5) is 11.6. The number of hydrogen-bond donors (Lipinski definition) is 1. The van der Waals surface area contributed by atoms with Crippen LogP contribution in [0.5, 0.6) is 0 Å². The second-order valence-electron chi connectivity index (χ2n) is 4.24. The highest BCUT2D eigenvalue weighted by Gasteiger charge is 2.05. The van der Waals surface area contributed by atoms with Crippen molar-refractivity contribution in [2.24, 2.45) is 5.73 Å². The highest BCUT2D eigenvalue weighted by molar-refractivity contribution is 5.96. The van der Waals surface area contributed by atoms with Crippen LogP contribution in [0.15, 0.2) is 24.3 Å². The maximum Gasteiger partial charge on any atom is 0.164 e. The highest BCUT2D eigenvalue weighted by atomic mass is 16.5. The monoisotopic (exact) mass is 235 g/mol. The fourth-order valence-electron chi connectivity index (χ4n) is 1.62. The molecule has 0 heterocycles. The van der Waals surface area contributed by atoms with Gasteiger partial charge in [0.2, 0.25) is 0 Å². The number of aryl methyl sites for hydroxylation is 1. The van der Waals surface area contributed by atoms with Crippen molar-refractivity contribution in [2.45, 2.75) is 32.3 Å². The van der Waals surface area contributed by atoms with E-state index >= 15 is 0 Å². The Balaban J connectivity index is 2.53. The van der Waals surface area contributed by atoms with E-state index in [1.165, 1.54) is 5.56 Å². The Hall–Kier alpha value is -1.19. The summed E-state index contributed by atoms with van der Waals surface area (Å²) in [7, 11) is 1.72. The van der Waals surface area contributed by atoms with E-state index in [1.807, 2.05) is 24.3 Å². The minimum Gasteiger partial charge on any atom is -0.382 e. The lowest BCUT2D eigenvalue weighted by Crippen LogP contribution is -2.08. The van der Waals surface area contributed by atoms with Crippen LogP contribution in [0.1, 0.15) is 35.7 Å². The summed E-state index contributed by atoms with van der Waals surface area (Å²) in [6, 6.07) is 7.77. The Labute approximate surface area is 103 Å². The van der Waals surface area contributed by atoms with Crippen molar-refractivity contribution in [3.8, 4) is 0 Å². The molecule has 2 N–H and O–H groups in total. The summed E-state index contributed by atoms with van der Waals surface area (Å²) in [5.41, 5.74) is 7.34. The number of carbonyl (C=O) groups excluding carboxylic acids is 1. The predicted octanol–water partition coefficient (Wildman–Crippen LogP) is 2.19. The number of methoxy groups -OCH3 is 1. The molecule has 0 saturated heterocycles. The van der Waals surface area contributed by atoms with E-state index in [-0.39, 0.29) is 11.9 Å². The number of ketones is 1. The summed E-state index contributed by atoms with van der Waals surface area (Å²) in [5.74, 6) is 0.115. The van der Waals surface area contributed by atoms with Crippen molar-refractivity contribution in [1.82, 2.24) is 0 Å². The van der Waals surface area contributed by atoms with Crippen LogP contribution in [-0.2, 0) is 11.2 Å². The van der Waals surface area contributed by atoms with E-state index in [1.54, 1.807) is 7.11 Å². The molecule has 1 aromatic rings. The van der Waals surface area contributed by atoms with Gasteiger partial charge in [-0.25, -0.2) is 0 Å². The van der Waals surface area contributed by atoms with Gasteiger partial charge in [-0.2, -0.15) is 0 Å². The zero-order chi connectivity index (χ0) is 12.7. The topological polar surface area (TPSA) is 52.3 Å². The lowest BCUT2D eigenvalue weighted by Gasteiger charge is -2.09. The van der Waals surface area contributed by atoms with Gasteiger partial charge in [-0.15, -0.1) is 0 Å². The van der Waals surface area contributed by atoms with Crippen LogP contribution in [-0.4, -0.2) is 25.5 Å². The van der Waals surface area contributed by atoms with Gasteiger partial charge < -0.3 is 10.5 Å². The zero-order valence-corrected chi connectivity index (χ0v) is 10.6. The summed E-state index contributed by atoms with van der Waals surface area (Å²) >= 11 is 0. The Kier molecular flexibility index (Phi) is 5.87. The maximum atomic E-state index is 11.6. The predicted molar refractivity (Wildman–Crippen MR) is 69.2 cm³/mol. The Bertz CT molecular complexity index is 346. The van der Waals surface area contributed by atoms with E-state index in [4.69, 9.17) is 10.5 Å². The molecule has 1 unspecified atom stereocenters. The quantitative estimate of drug-likeness (QED) is 0.737. The second-order valence-corrected chi connectivity index (χ2v) is 4.24. The first kappa shape index (κ1) is 13.9. The van der Waals surface area contributed by atoms with E-state index in [0.717, 1.165) is 18.4 Å². The van der Waals surface area contributed by atoms with Gasteiger partial charge in [-0.3, -0.25) is 4.79 Å².